The van der Waals surface area contributed by atoms with Gasteiger partial charge in [0, 0.05) is 5.69 Å². The molecule has 18 heavy (non-hydrogen) atoms. The van der Waals surface area contributed by atoms with Gasteiger partial charge in [0.05, 0.1) is 24.6 Å². The Morgan fingerprint density at radius 2 is 1.89 bits per heavy atom. The lowest BCUT2D eigenvalue weighted by molar-refractivity contribution is 1.02. The summed E-state index contributed by atoms with van der Waals surface area (Å²) >= 11 is 0. The molecule has 1 aromatic carbocycles. The molecule has 0 radical (unpaired) electrons. The second-order valence-corrected chi connectivity index (χ2v) is 3.81. The first kappa shape index (κ1) is 10.6. The van der Waals surface area contributed by atoms with Gasteiger partial charge in [-0.15, -0.1) is 0 Å². The minimum absolute atomic E-state index is 0.619. The normalized spacial score (nSPS) is 10.4. The highest BCUT2D eigenvalue weighted by molar-refractivity contribution is 5.67. The lowest BCUT2D eigenvalue weighted by Crippen LogP contribution is -2.03. The van der Waals surface area contributed by atoms with Gasteiger partial charge in [-0.05, 0) is 12.1 Å². The number of rotatable bonds is 3. The number of nitrogens with zero attached hydrogens (tertiary/aromatic N) is 4. The Morgan fingerprint density at radius 1 is 1.00 bits per heavy atom. The molecule has 0 saturated carbocycles. The van der Waals surface area contributed by atoms with E-state index >= 15 is 0 Å². The summed E-state index contributed by atoms with van der Waals surface area (Å²) in [7, 11) is 0. The van der Waals surface area contributed by atoms with Gasteiger partial charge in [0.25, 0.3) is 0 Å². The Morgan fingerprint density at radius 3 is 2.78 bits per heavy atom. The van der Waals surface area contributed by atoms with Crippen LogP contribution in [0.4, 0.5) is 5.69 Å². The van der Waals surface area contributed by atoms with Crippen LogP contribution >= 0.6 is 0 Å². The molecular weight excluding hydrogens is 226 g/mol. The van der Waals surface area contributed by atoms with Crippen LogP contribution in [0.25, 0.3) is 11.2 Å². The second-order valence-electron chi connectivity index (χ2n) is 3.81. The molecule has 0 amide bonds. The largest absolute Gasteiger partial charge is 0.379 e. The maximum Gasteiger partial charge on any atom is 0.181 e. The number of benzene rings is 1. The summed E-state index contributed by atoms with van der Waals surface area (Å²) < 4.78 is 0. The van der Waals surface area contributed by atoms with Crippen molar-refractivity contribution in [2.24, 2.45) is 0 Å². The molecule has 0 bridgehead atoms. The van der Waals surface area contributed by atoms with Crippen molar-refractivity contribution in [2.45, 2.75) is 6.54 Å². The van der Waals surface area contributed by atoms with Crippen LogP contribution in [-0.4, -0.2) is 19.9 Å². The Kier molecular flexibility index (Phi) is 2.79. The van der Waals surface area contributed by atoms with Crippen molar-refractivity contribution in [1.82, 2.24) is 19.9 Å². The zero-order valence-electron chi connectivity index (χ0n) is 9.61. The minimum atomic E-state index is 0.619. The average Bonchev–Trinajstić information content (AvgIpc) is 2.46. The van der Waals surface area contributed by atoms with Crippen molar-refractivity contribution in [3.8, 4) is 0 Å². The van der Waals surface area contributed by atoms with Crippen LogP contribution in [-0.2, 0) is 6.54 Å². The molecule has 1 N–H and O–H groups in total. The summed E-state index contributed by atoms with van der Waals surface area (Å²) in [5, 5.41) is 3.28. The smallest absolute Gasteiger partial charge is 0.181 e. The highest BCUT2D eigenvalue weighted by Gasteiger charge is 2.00. The Labute approximate surface area is 104 Å². The number of aromatic nitrogens is 4. The van der Waals surface area contributed by atoms with E-state index in [0.29, 0.717) is 17.7 Å². The molecule has 2 aromatic heterocycles. The summed E-state index contributed by atoms with van der Waals surface area (Å²) in [6.45, 7) is 0.627. The number of hydrogen-bond acceptors (Lipinski definition) is 5. The molecule has 5 nitrogen and oxygen atoms in total. The Balaban J connectivity index is 1.79. The van der Waals surface area contributed by atoms with Crippen molar-refractivity contribution in [3.63, 3.8) is 0 Å². The fourth-order valence-electron chi connectivity index (χ4n) is 1.65. The van der Waals surface area contributed by atoms with Gasteiger partial charge < -0.3 is 5.32 Å². The van der Waals surface area contributed by atoms with E-state index in [-0.39, 0.29) is 0 Å². The molecule has 0 atom stereocenters. The van der Waals surface area contributed by atoms with E-state index in [1.165, 1.54) is 6.33 Å². The van der Waals surface area contributed by atoms with Crippen molar-refractivity contribution >= 4 is 16.9 Å². The van der Waals surface area contributed by atoms with Gasteiger partial charge in [-0.25, -0.2) is 19.9 Å². The predicted octanol–water partition coefficient (Wildman–Crippen LogP) is 2.03. The molecule has 0 aliphatic rings. The lowest BCUT2D eigenvalue weighted by atomic mass is 10.3. The van der Waals surface area contributed by atoms with E-state index in [1.807, 2.05) is 30.3 Å². The quantitative estimate of drug-likeness (QED) is 0.755. The highest BCUT2D eigenvalue weighted by Crippen LogP contribution is 2.08. The van der Waals surface area contributed by atoms with Crippen LogP contribution in [0.2, 0.25) is 0 Å². The first-order valence-electron chi connectivity index (χ1n) is 5.62. The number of hydrogen-bond donors (Lipinski definition) is 1. The van der Waals surface area contributed by atoms with Crippen LogP contribution < -0.4 is 5.32 Å². The molecular formula is C13H11N5. The molecule has 3 rings (SSSR count). The van der Waals surface area contributed by atoms with Gasteiger partial charge in [-0.3, -0.25) is 0 Å². The Hall–Kier alpha value is -2.56. The standard InChI is InChI=1S/C13H11N5/c1-2-4-10(5-3-1)15-6-11-7-16-13-12(18-11)8-14-9-17-13/h1-5,7-9,15H,6H2. The summed E-state index contributed by atoms with van der Waals surface area (Å²) in [5.74, 6) is 0. The summed E-state index contributed by atoms with van der Waals surface area (Å²) in [5.41, 5.74) is 3.25. The van der Waals surface area contributed by atoms with E-state index in [2.05, 4.69) is 25.3 Å². The molecule has 0 aliphatic carbocycles. The molecule has 0 spiro atoms. The SMILES string of the molecule is c1ccc(NCc2cnc3ncncc3n2)cc1. The molecule has 3 aromatic rings. The molecule has 2 heterocycles. The number of nitrogens with one attached hydrogen (secondary N) is 1. The monoisotopic (exact) mass is 237 g/mol. The minimum Gasteiger partial charge on any atom is -0.379 e. The zero-order valence-corrected chi connectivity index (χ0v) is 9.61. The second kappa shape index (κ2) is 4.75. The van der Waals surface area contributed by atoms with Gasteiger partial charge in [0.15, 0.2) is 5.65 Å². The topological polar surface area (TPSA) is 63.6 Å². The van der Waals surface area contributed by atoms with E-state index in [9.17, 15) is 0 Å². The third-order valence-electron chi connectivity index (χ3n) is 2.52. The van der Waals surface area contributed by atoms with Crippen LogP contribution in [0.5, 0.6) is 0 Å². The van der Waals surface area contributed by atoms with Crippen molar-refractivity contribution in [2.75, 3.05) is 5.32 Å². The zero-order chi connectivity index (χ0) is 12.2. The maximum atomic E-state index is 4.44. The third-order valence-corrected chi connectivity index (χ3v) is 2.52. The summed E-state index contributed by atoms with van der Waals surface area (Å²) in [6.07, 6.45) is 4.87. The van der Waals surface area contributed by atoms with Crippen LogP contribution in [0.1, 0.15) is 5.69 Å². The molecule has 0 saturated heterocycles. The number of para-hydroxylation sites is 1. The van der Waals surface area contributed by atoms with Gasteiger partial charge >= 0.3 is 0 Å². The first-order chi connectivity index (χ1) is 8.92. The lowest BCUT2D eigenvalue weighted by Gasteiger charge is -2.05. The Bertz CT molecular complexity index is 654. The van der Waals surface area contributed by atoms with Gasteiger partial charge in [0.2, 0.25) is 0 Å². The van der Waals surface area contributed by atoms with E-state index in [4.69, 9.17) is 0 Å². The van der Waals surface area contributed by atoms with Gasteiger partial charge in [-0.1, -0.05) is 18.2 Å². The molecule has 0 unspecified atom stereocenters. The number of anilines is 1. The van der Waals surface area contributed by atoms with E-state index in [0.717, 1.165) is 11.4 Å². The van der Waals surface area contributed by atoms with Crippen molar-refractivity contribution in [1.29, 1.82) is 0 Å². The van der Waals surface area contributed by atoms with Crippen LogP contribution in [0.15, 0.2) is 49.1 Å². The van der Waals surface area contributed by atoms with E-state index < -0.39 is 0 Å². The van der Waals surface area contributed by atoms with Crippen LogP contribution in [0, 0.1) is 0 Å². The maximum absolute atomic E-state index is 4.44. The molecule has 5 heteroatoms. The first-order valence-corrected chi connectivity index (χ1v) is 5.62. The van der Waals surface area contributed by atoms with Gasteiger partial charge in [0.1, 0.15) is 11.8 Å². The van der Waals surface area contributed by atoms with E-state index in [1.54, 1.807) is 12.4 Å². The number of fused-ring (bicyclic) bond motifs is 1. The van der Waals surface area contributed by atoms with Crippen LogP contribution in [0.3, 0.4) is 0 Å². The molecule has 88 valence electrons. The fraction of sp³-hybridized carbons (Fsp3) is 0.0769. The average molecular weight is 237 g/mol. The summed E-state index contributed by atoms with van der Waals surface area (Å²) in [4.78, 5) is 16.7. The third kappa shape index (κ3) is 2.24. The van der Waals surface area contributed by atoms with Gasteiger partial charge in [-0.2, -0.15) is 0 Å². The summed E-state index contributed by atoms with van der Waals surface area (Å²) in [6, 6.07) is 9.98. The fourth-order valence-corrected chi connectivity index (χ4v) is 1.65. The molecule has 0 aliphatic heterocycles. The molecule has 0 fully saturated rings. The van der Waals surface area contributed by atoms with Crippen molar-refractivity contribution < 1.29 is 0 Å². The highest BCUT2D eigenvalue weighted by atomic mass is 15.0. The predicted molar refractivity (Wildman–Crippen MR) is 68.9 cm³/mol. The van der Waals surface area contributed by atoms with Crippen molar-refractivity contribution in [3.05, 3.63) is 54.7 Å².